The summed E-state index contributed by atoms with van der Waals surface area (Å²) < 4.78 is 43.2. The standard InChI is InChI=1S/C18H9ClF3N5O2/c19-12-6-10(18(20,21)22)7-23-13(12)15-26-17(29-27-15)11-8-24-14(25-16(11)28)9-4-2-1-3-5-9/h1-8H,(H,24,25,28). The number of hydrogen-bond acceptors (Lipinski definition) is 6. The third-order valence-electron chi connectivity index (χ3n) is 3.88. The van der Waals surface area contributed by atoms with Gasteiger partial charge in [-0.2, -0.15) is 18.2 Å². The highest BCUT2D eigenvalue weighted by Crippen LogP contribution is 2.33. The SMILES string of the molecule is O=c1[nH]c(-c2ccccc2)ncc1-c1nc(-c2ncc(C(F)(F)F)cc2Cl)no1. The van der Waals surface area contributed by atoms with E-state index < -0.39 is 17.3 Å². The van der Waals surface area contributed by atoms with Gasteiger partial charge in [0.25, 0.3) is 11.4 Å². The van der Waals surface area contributed by atoms with Crippen molar-refractivity contribution in [2.24, 2.45) is 0 Å². The van der Waals surface area contributed by atoms with Gasteiger partial charge in [-0.3, -0.25) is 9.78 Å². The maximum Gasteiger partial charge on any atom is 0.417 e. The lowest BCUT2D eigenvalue weighted by atomic mass is 10.2. The molecule has 0 atom stereocenters. The summed E-state index contributed by atoms with van der Waals surface area (Å²) in [4.78, 5) is 26.8. The summed E-state index contributed by atoms with van der Waals surface area (Å²) in [7, 11) is 0. The fraction of sp³-hybridized carbons (Fsp3) is 0.0556. The van der Waals surface area contributed by atoms with E-state index in [2.05, 4.69) is 25.1 Å². The number of nitrogens with zero attached hydrogens (tertiary/aromatic N) is 4. The van der Waals surface area contributed by atoms with E-state index in [9.17, 15) is 18.0 Å². The van der Waals surface area contributed by atoms with E-state index in [0.29, 0.717) is 23.7 Å². The fourth-order valence-electron chi connectivity index (χ4n) is 2.48. The average Bonchev–Trinajstić information content (AvgIpc) is 3.17. The molecule has 4 aromatic rings. The number of rotatable bonds is 3. The molecule has 0 saturated heterocycles. The largest absolute Gasteiger partial charge is 0.417 e. The Kier molecular flexibility index (Phi) is 4.63. The molecule has 0 bridgehead atoms. The molecule has 4 rings (SSSR count). The molecule has 0 aliphatic rings. The minimum Gasteiger partial charge on any atom is -0.333 e. The lowest BCUT2D eigenvalue weighted by molar-refractivity contribution is -0.137. The highest BCUT2D eigenvalue weighted by molar-refractivity contribution is 6.32. The van der Waals surface area contributed by atoms with Crippen LogP contribution in [0.1, 0.15) is 5.56 Å². The van der Waals surface area contributed by atoms with Crippen LogP contribution in [0.15, 0.2) is 58.1 Å². The van der Waals surface area contributed by atoms with Crippen LogP contribution in [0, 0.1) is 0 Å². The van der Waals surface area contributed by atoms with Crippen LogP contribution in [-0.2, 0) is 6.18 Å². The molecule has 7 nitrogen and oxygen atoms in total. The van der Waals surface area contributed by atoms with Crippen molar-refractivity contribution in [1.29, 1.82) is 0 Å². The number of nitrogens with one attached hydrogen (secondary N) is 1. The zero-order valence-corrected chi connectivity index (χ0v) is 15.0. The number of aromatic nitrogens is 5. The first-order valence-corrected chi connectivity index (χ1v) is 8.42. The molecule has 0 fully saturated rings. The Balaban J connectivity index is 1.67. The Morgan fingerprint density at radius 2 is 1.83 bits per heavy atom. The van der Waals surface area contributed by atoms with Crippen molar-refractivity contribution in [1.82, 2.24) is 25.1 Å². The first kappa shape index (κ1) is 18.8. The topological polar surface area (TPSA) is 97.6 Å². The zero-order valence-electron chi connectivity index (χ0n) is 14.2. The minimum absolute atomic E-state index is 0.00790. The molecule has 1 aromatic carbocycles. The Morgan fingerprint density at radius 1 is 1.07 bits per heavy atom. The molecule has 11 heteroatoms. The molecule has 3 heterocycles. The highest BCUT2D eigenvalue weighted by Gasteiger charge is 2.32. The smallest absolute Gasteiger partial charge is 0.333 e. The number of H-pyrrole nitrogens is 1. The van der Waals surface area contributed by atoms with Gasteiger partial charge in [0, 0.05) is 18.0 Å². The van der Waals surface area contributed by atoms with Crippen molar-refractivity contribution in [2.75, 3.05) is 0 Å². The predicted molar refractivity (Wildman–Crippen MR) is 96.8 cm³/mol. The molecule has 0 saturated carbocycles. The van der Waals surface area contributed by atoms with Gasteiger partial charge in [-0.05, 0) is 6.07 Å². The van der Waals surface area contributed by atoms with E-state index in [1.165, 1.54) is 6.20 Å². The summed E-state index contributed by atoms with van der Waals surface area (Å²) in [6.07, 6.45) is -2.71. The molecule has 0 spiro atoms. The summed E-state index contributed by atoms with van der Waals surface area (Å²) in [6, 6.07) is 9.70. The van der Waals surface area contributed by atoms with E-state index in [1.54, 1.807) is 24.3 Å². The minimum atomic E-state index is -4.59. The van der Waals surface area contributed by atoms with Crippen molar-refractivity contribution in [3.63, 3.8) is 0 Å². The second-order valence-electron chi connectivity index (χ2n) is 5.82. The number of benzene rings is 1. The second kappa shape index (κ2) is 7.13. The Bertz CT molecular complexity index is 1240. The highest BCUT2D eigenvalue weighted by atomic mass is 35.5. The molecule has 0 aliphatic carbocycles. The average molecular weight is 420 g/mol. The van der Waals surface area contributed by atoms with E-state index in [1.807, 2.05) is 6.07 Å². The first-order valence-electron chi connectivity index (χ1n) is 8.05. The zero-order chi connectivity index (χ0) is 20.6. The summed E-state index contributed by atoms with van der Waals surface area (Å²) in [5.41, 5.74) is -0.942. The number of aromatic amines is 1. The van der Waals surface area contributed by atoms with Crippen LogP contribution in [0.4, 0.5) is 13.2 Å². The fourth-order valence-corrected chi connectivity index (χ4v) is 2.73. The maximum absolute atomic E-state index is 12.7. The van der Waals surface area contributed by atoms with Gasteiger partial charge < -0.3 is 9.51 Å². The predicted octanol–water partition coefficient (Wildman–Crippen LogP) is 4.22. The van der Waals surface area contributed by atoms with E-state index in [0.717, 1.165) is 0 Å². The molecule has 0 amide bonds. The Hall–Kier alpha value is -3.53. The molecule has 1 N–H and O–H groups in total. The van der Waals surface area contributed by atoms with Crippen LogP contribution < -0.4 is 5.56 Å². The van der Waals surface area contributed by atoms with Crippen molar-refractivity contribution < 1.29 is 17.7 Å². The summed E-state index contributed by atoms with van der Waals surface area (Å²) in [5, 5.41) is 3.34. The summed E-state index contributed by atoms with van der Waals surface area (Å²) in [6.45, 7) is 0. The van der Waals surface area contributed by atoms with Gasteiger partial charge in [0.05, 0.1) is 10.6 Å². The Labute approximate surface area is 165 Å². The van der Waals surface area contributed by atoms with Crippen LogP contribution in [0.5, 0.6) is 0 Å². The molecule has 0 radical (unpaired) electrons. The maximum atomic E-state index is 12.7. The van der Waals surface area contributed by atoms with E-state index in [-0.39, 0.29) is 28.0 Å². The molecule has 3 aromatic heterocycles. The third-order valence-corrected chi connectivity index (χ3v) is 4.17. The van der Waals surface area contributed by atoms with Crippen LogP contribution >= 0.6 is 11.6 Å². The normalized spacial score (nSPS) is 11.6. The first-order chi connectivity index (χ1) is 13.8. The number of halogens is 4. The lowest BCUT2D eigenvalue weighted by Gasteiger charge is -2.07. The quantitative estimate of drug-likeness (QED) is 0.534. The monoisotopic (exact) mass is 419 g/mol. The summed E-state index contributed by atoms with van der Waals surface area (Å²) >= 11 is 5.88. The van der Waals surface area contributed by atoms with Gasteiger partial charge in [-0.15, -0.1) is 0 Å². The third kappa shape index (κ3) is 3.74. The van der Waals surface area contributed by atoms with Gasteiger partial charge in [0.2, 0.25) is 5.82 Å². The summed E-state index contributed by atoms with van der Waals surface area (Å²) in [5.74, 6) is 0.0166. The van der Waals surface area contributed by atoms with E-state index >= 15 is 0 Å². The number of alkyl halides is 3. The van der Waals surface area contributed by atoms with Crippen molar-refractivity contribution >= 4 is 11.6 Å². The molecule has 0 aliphatic heterocycles. The van der Waals surface area contributed by atoms with Crippen LogP contribution in [-0.4, -0.2) is 25.1 Å². The molecule has 146 valence electrons. The lowest BCUT2D eigenvalue weighted by Crippen LogP contribution is -2.11. The van der Waals surface area contributed by atoms with E-state index in [4.69, 9.17) is 16.1 Å². The van der Waals surface area contributed by atoms with Crippen LogP contribution in [0.2, 0.25) is 5.02 Å². The number of hydrogen-bond donors (Lipinski definition) is 1. The van der Waals surface area contributed by atoms with Gasteiger partial charge in [-0.25, -0.2) is 4.98 Å². The molecule has 0 unspecified atom stereocenters. The van der Waals surface area contributed by atoms with Gasteiger partial charge in [0.15, 0.2) is 0 Å². The Morgan fingerprint density at radius 3 is 2.48 bits per heavy atom. The van der Waals surface area contributed by atoms with Gasteiger partial charge in [-0.1, -0.05) is 47.1 Å². The van der Waals surface area contributed by atoms with Crippen molar-refractivity contribution in [2.45, 2.75) is 6.18 Å². The van der Waals surface area contributed by atoms with Crippen molar-refractivity contribution in [3.8, 4) is 34.4 Å². The second-order valence-corrected chi connectivity index (χ2v) is 6.22. The number of pyridine rings is 1. The van der Waals surface area contributed by atoms with Crippen molar-refractivity contribution in [3.05, 3.63) is 69.7 Å². The van der Waals surface area contributed by atoms with Crippen LogP contribution in [0.25, 0.3) is 34.4 Å². The van der Waals surface area contributed by atoms with Gasteiger partial charge >= 0.3 is 6.18 Å². The molecular weight excluding hydrogens is 411 g/mol. The molecule has 29 heavy (non-hydrogen) atoms. The van der Waals surface area contributed by atoms with Crippen LogP contribution in [0.3, 0.4) is 0 Å². The molecular formula is C18H9ClF3N5O2. The van der Waals surface area contributed by atoms with Gasteiger partial charge in [0.1, 0.15) is 17.1 Å².